The molecule has 2 saturated heterocycles. The molecule has 56 heavy (non-hydrogen) atoms. The third kappa shape index (κ3) is 6.34. The monoisotopic (exact) mass is 798 g/mol. The first-order chi connectivity index (χ1) is 26.0. The largest absolute Gasteiger partial charge is 0.394 e. The van der Waals surface area contributed by atoms with Crippen molar-refractivity contribution in [3.8, 4) is 0 Å². The van der Waals surface area contributed by atoms with Crippen LogP contribution in [0.15, 0.2) is 11.6 Å². The van der Waals surface area contributed by atoms with Crippen LogP contribution in [-0.2, 0) is 18.9 Å². The summed E-state index contributed by atoms with van der Waals surface area (Å²) in [5, 5.41) is 107. The molecule has 0 spiro atoms. The summed E-state index contributed by atoms with van der Waals surface area (Å²) in [6, 6.07) is 0. The van der Waals surface area contributed by atoms with Crippen LogP contribution in [0, 0.1) is 50.2 Å². The van der Waals surface area contributed by atoms with Crippen molar-refractivity contribution >= 4 is 0 Å². The standard InChI is InChI=1S/C42H70O14/c1-37(2)27(56-36-33(52)31(50)29(48)24(18-44)55-36)10-11-40(5)25-9-8-20-21-14-38(3,19-53-35-32(51)30(49)28(47)23(17-43)54-35)12-13-39(21,4)26(46)16-41(20,6)42(25,7)15-22(45)34(37)40/h8,21-36,43-52H,9-19H2,1-7H3. The van der Waals surface area contributed by atoms with E-state index in [1.165, 1.54) is 5.57 Å². The van der Waals surface area contributed by atoms with Crippen LogP contribution < -0.4 is 0 Å². The van der Waals surface area contributed by atoms with Gasteiger partial charge in [0.15, 0.2) is 12.6 Å². The zero-order valence-corrected chi connectivity index (χ0v) is 34.2. The van der Waals surface area contributed by atoms with Gasteiger partial charge in [0.05, 0.1) is 38.1 Å². The topological polar surface area (TPSA) is 239 Å². The lowest BCUT2D eigenvalue weighted by Crippen LogP contribution is -2.69. The lowest BCUT2D eigenvalue weighted by molar-refractivity contribution is -0.334. The maximum absolute atomic E-state index is 12.4. The van der Waals surface area contributed by atoms with Crippen molar-refractivity contribution in [2.24, 2.45) is 50.2 Å². The smallest absolute Gasteiger partial charge is 0.186 e. The van der Waals surface area contributed by atoms with E-state index in [2.05, 4.69) is 54.5 Å². The molecule has 21 atom stereocenters. The Kier molecular flexibility index (Phi) is 11.3. The predicted octanol–water partition coefficient (Wildman–Crippen LogP) is 0.731. The first kappa shape index (κ1) is 43.3. The second-order valence-electron chi connectivity index (χ2n) is 20.9. The van der Waals surface area contributed by atoms with Crippen molar-refractivity contribution in [3.05, 3.63) is 11.6 Å². The van der Waals surface area contributed by atoms with Gasteiger partial charge in [0.1, 0.15) is 48.8 Å². The summed E-state index contributed by atoms with van der Waals surface area (Å²) in [4.78, 5) is 0. The molecule has 10 N–H and O–H groups in total. The van der Waals surface area contributed by atoms with Crippen LogP contribution in [0.2, 0.25) is 0 Å². The van der Waals surface area contributed by atoms with E-state index in [0.29, 0.717) is 25.7 Å². The summed E-state index contributed by atoms with van der Waals surface area (Å²) < 4.78 is 24.0. The molecule has 14 heteroatoms. The second-order valence-corrected chi connectivity index (χ2v) is 20.9. The molecule has 0 bridgehead atoms. The quantitative estimate of drug-likeness (QED) is 0.126. The van der Waals surface area contributed by atoms with Gasteiger partial charge in [0.25, 0.3) is 0 Å². The molecule has 7 rings (SSSR count). The maximum atomic E-state index is 12.4. The Morgan fingerprint density at radius 2 is 1.27 bits per heavy atom. The number of aliphatic hydroxyl groups excluding tert-OH is 10. The molecule has 4 saturated carbocycles. The minimum absolute atomic E-state index is 0.0213. The Bertz CT molecular complexity index is 1470. The molecular weight excluding hydrogens is 728 g/mol. The van der Waals surface area contributed by atoms with Crippen molar-refractivity contribution in [3.63, 3.8) is 0 Å². The normalized spacial score (nSPS) is 56.9. The fourth-order valence-electron chi connectivity index (χ4n) is 13.8. The van der Waals surface area contributed by atoms with Crippen LogP contribution in [0.3, 0.4) is 0 Å². The lowest BCUT2D eigenvalue weighted by Gasteiger charge is -2.72. The molecule has 0 amide bonds. The van der Waals surface area contributed by atoms with E-state index < -0.39 is 104 Å². The number of hydrogen-bond acceptors (Lipinski definition) is 14. The predicted molar refractivity (Wildman–Crippen MR) is 200 cm³/mol. The van der Waals surface area contributed by atoms with Crippen LogP contribution in [0.5, 0.6) is 0 Å². The van der Waals surface area contributed by atoms with E-state index >= 15 is 0 Å². The molecule has 21 unspecified atom stereocenters. The Morgan fingerprint density at radius 1 is 0.679 bits per heavy atom. The van der Waals surface area contributed by atoms with Gasteiger partial charge in [-0.2, -0.15) is 0 Å². The molecule has 2 aliphatic heterocycles. The van der Waals surface area contributed by atoms with Gasteiger partial charge in [0.2, 0.25) is 0 Å². The zero-order valence-electron chi connectivity index (χ0n) is 34.2. The SMILES string of the molecule is CC1(COC2OC(CO)C(O)C(O)C2O)CCC2(C)C(O)CC3(C)C(=CCC4C5(C)CCC(OC6OC(CO)C(O)C(O)C6O)C(C)(C)C5C(O)CC43C)C2C1. The molecular formula is C42H70O14. The Labute approximate surface area is 330 Å². The van der Waals surface area contributed by atoms with E-state index in [4.69, 9.17) is 18.9 Å². The number of rotatable bonds is 7. The van der Waals surface area contributed by atoms with E-state index in [9.17, 15) is 51.1 Å². The molecule has 0 aromatic carbocycles. The van der Waals surface area contributed by atoms with Crippen molar-refractivity contribution < 1.29 is 70.0 Å². The Hall–Kier alpha value is -0.820. The molecule has 0 radical (unpaired) electrons. The summed E-state index contributed by atoms with van der Waals surface area (Å²) in [6.07, 6.45) is -7.42. The highest BCUT2D eigenvalue weighted by Crippen LogP contribution is 2.76. The number of aliphatic hydroxyl groups is 10. The van der Waals surface area contributed by atoms with Crippen molar-refractivity contribution in [2.45, 2.75) is 180 Å². The van der Waals surface area contributed by atoms with Gasteiger partial charge in [-0.3, -0.25) is 0 Å². The molecule has 14 nitrogen and oxygen atoms in total. The highest BCUT2D eigenvalue weighted by molar-refractivity contribution is 5.35. The highest BCUT2D eigenvalue weighted by atomic mass is 16.7. The third-order valence-electron chi connectivity index (χ3n) is 17.4. The molecule has 6 fully saturated rings. The second kappa shape index (κ2) is 14.7. The summed E-state index contributed by atoms with van der Waals surface area (Å²) >= 11 is 0. The number of ether oxygens (including phenoxy) is 4. The Morgan fingerprint density at radius 3 is 1.88 bits per heavy atom. The van der Waals surface area contributed by atoms with E-state index in [1.807, 2.05) is 0 Å². The fourth-order valence-corrected chi connectivity index (χ4v) is 13.8. The first-order valence-electron chi connectivity index (χ1n) is 21.0. The van der Waals surface area contributed by atoms with Gasteiger partial charge >= 0.3 is 0 Å². The maximum Gasteiger partial charge on any atom is 0.186 e. The molecule has 7 aliphatic rings. The molecule has 0 aromatic rings. The highest BCUT2D eigenvalue weighted by Gasteiger charge is 2.71. The lowest BCUT2D eigenvalue weighted by atomic mass is 9.33. The van der Waals surface area contributed by atoms with Crippen molar-refractivity contribution in [1.82, 2.24) is 0 Å². The van der Waals surface area contributed by atoms with Crippen LogP contribution in [-0.4, -0.2) is 151 Å². The number of allylic oxidation sites excluding steroid dienone is 2. The zero-order chi connectivity index (χ0) is 41.1. The van der Waals surface area contributed by atoms with Crippen LogP contribution in [0.4, 0.5) is 0 Å². The molecule has 322 valence electrons. The van der Waals surface area contributed by atoms with Gasteiger partial charge in [-0.15, -0.1) is 0 Å². The summed E-state index contributed by atoms with van der Waals surface area (Å²) in [7, 11) is 0. The molecule has 2 heterocycles. The van der Waals surface area contributed by atoms with Crippen molar-refractivity contribution in [1.29, 1.82) is 0 Å². The first-order valence-corrected chi connectivity index (χ1v) is 21.0. The number of fused-ring (bicyclic) bond motifs is 7. The Balaban J connectivity index is 1.14. The van der Waals surface area contributed by atoms with E-state index in [1.54, 1.807) is 0 Å². The van der Waals surface area contributed by atoms with Gasteiger partial charge < -0.3 is 70.0 Å². The van der Waals surface area contributed by atoms with E-state index in [0.717, 1.165) is 25.7 Å². The van der Waals surface area contributed by atoms with Gasteiger partial charge in [-0.25, -0.2) is 0 Å². The molecule has 5 aliphatic carbocycles. The van der Waals surface area contributed by atoms with Crippen molar-refractivity contribution in [2.75, 3.05) is 19.8 Å². The fraction of sp³-hybridized carbons (Fsp3) is 0.952. The van der Waals surface area contributed by atoms with E-state index in [-0.39, 0.29) is 46.0 Å². The van der Waals surface area contributed by atoms with Gasteiger partial charge in [0, 0.05) is 5.41 Å². The van der Waals surface area contributed by atoms with Crippen LogP contribution in [0.1, 0.15) is 99.8 Å². The van der Waals surface area contributed by atoms with Gasteiger partial charge in [-0.05, 0) is 96.2 Å². The summed E-state index contributed by atoms with van der Waals surface area (Å²) in [5.41, 5.74) is -1.12. The average Bonchev–Trinajstić information content (AvgIpc) is 3.13. The minimum Gasteiger partial charge on any atom is -0.394 e. The van der Waals surface area contributed by atoms with Crippen LogP contribution in [0.25, 0.3) is 0 Å². The van der Waals surface area contributed by atoms with Gasteiger partial charge in [-0.1, -0.05) is 60.1 Å². The number of hydrogen-bond donors (Lipinski definition) is 10. The minimum atomic E-state index is -1.54. The molecule has 0 aromatic heterocycles. The average molecular weight is 799 g/mol. The van der Waals surface area contributed by atoms with Crippen LogP contribution >= 0.6 is 0 Å². The summed E-state index contributed by atoms with van der Waals surface area (Å²) in [5.74, 6) is 0.00484. The third-order valence-corrected chi connectivity index (χ3v) is 17.4. The summed E-state index contributed by atoms with van der Waals surface area (Å²) in [6.45, 7) is 14.6.